The zero-order valence-corrected chi connectivity index (χ0v) is 18.5. The zero-order chi connectivity index (χ0) is 20.5. The fourth-order valence-corrected chi connectivity index (χ4v) is 4.06. The van der Waals surface area contributed by atoms with E-state index < -0.39 is 0 Å². The molecule has 146 valence electrons. The summed E-state index contributed by atoms with van der Waals surface area (Å²) in [7, 11) is 0. The largest absolute Gasteiger partial charge is 0.259 e. The molecule has 0 aromatic heterocycles. The fraction of sp³-hybridized carbons (Fsp3) is 0.160. The van der Waals surface area contributed by atoms with E-state index in [9.17, 15) is 0 Å². The summed E-state index contributed by atoms with van der Waals surface area (Å²) >= 11 is 3.34. The van der Waals surface area contributed by atoms with Gasteiger partial charge in [0.1, 0.15) is 10.4 Å². The van der Waals surface area contributed by atoms with Gasteiger partial charge in [0.2, 0.25) is 0 Å². The maximum atomic E-state index is 5.05. The van der Waals surface area contributed by atoms with Crippen LogP contribution in [0.4, 0.5) is 5.69 Å². The first kappa shape index (κ1) is 21.2. The molecule has 0 aliphatic rings. The molecule has 0 radical (unpaired) electrons. The number of para-hydroxylation sites is 1. The van der Waals surface area contributed by atoms with E-state index in [1.165, 1.54) is 0 Å². The summed E-state index contributed by atoms with van der Waals surface area (Å²) in [4.78, 5) is 9.77. The Balaban J connectivity index is 2.09. The van der Waals surface area contributed by atoms with Crippen LogP contribution in [0.2, 0.25) is 0 Å². The first-order valence-corrected chi connectivity index (χ1v) is 11.8. The van der Waals surface area contributed by atoms with Crippen LogP contribution in [0.3, 0.4) is 0 Å². The van der Waals surface area contributed by atoms with Gasteiger partial charge in [0.15, 0.2) is 0 Å². The zero-order valence-electron chi connectivity index (χ0n) is 16.9. The van der Waals surface area contributed by atoms with Crippen molar-refractivity contribution in [3.05, 3.63) is 102 Å². The molecular weight excluding hydrogens is 392 g/mol. The van der Waals surface area contributed by atoms with Crippen molar-refractivity contribution in [2.75, 3.05) is 12.5 Å². The summed E-state index contributed by atoms with van der Waals surface area (Å²) in [6.07, 6.45) is 4.13. The normalized spacial score (nSPS) is 11.3. The van der Waals surface area contributed by atoms with Crippen molar-refractivity contribution in [3.63, 3.8) is 0 Å². The summed E-state index contributed by atoms with van der Waals surface area (Å²) in [6, 6.07) is 28.7. The lowest BCUT2D eigenvalue weighted by Crippen LogP contribution is -2.01. The Morgan fingerprint density at radius 2 is 1.38 bits per heavy atom. The van der Waals surface area contributed by atoms with E-state index >= 15 is 0 Å². The number of benzene rings is 3. The van der Waals surface area contributed by atoms with E-state index in [2.05, 4.69) is 60.8 Å². The van der Waals surface area contributed by atoms with Gasteiger partial charge < -0.3 is 0 Å². The lowest BCUT2D eigenvalue weighted by Gasteiger charge is -2.16. The number of allylic oxidation sites excluding steroid dienone is 1. The van der Waals surface area contributed by atoms with Crippen LogP contribution in [0.15, 0.2) is 94.9 Å². The molecule has 4 heteroatoms. The fourth-order valence-electron chi connectivity index (χ4n) is 2.97. The van der Waals surface area contributed by atoms with Gasteiger partial charge in [-0.1, -0.05) is 78.9 Å². The minimum atomic E-state index is -0.107. The van der Waals surface area contributed by atoms with Gasteiger partial charge in [0.25, 0.3) is 0 Å². The molecule has 0 saturated heterocycles. The van der Waals surface area contributed by atoms with Crippen LogP contribution in [0.5, 0.6) is 0 Å². The van der Waals surface area contributed by atoms with Crippen molar-refractivity contribution in [1.29, 1.82) is 0 Å². The summed E-state index contributed by atoms with van der Waals surface area (Å²) < 4.78 is 1.05. The highest BCUT2D eigenvalue weighted by molar-refractivity contribution is 8.38. The van der Waals surface area contributed by atoms with Gasteiger partial charge in [-0.2, -0.15) is 0 Å². The maximum Gasteiger partial charge on any atom is 0.125 e. The summed E-state index contributed by atoms with van der Waals surface area (Å²) in [5.74, 6) is 3.23. The minimum Gasteiger partial charge on any atom is -0.259 e. The monoisotopic (exact) mass is 416 g/mol. The van der Waals surface area contributed by atoms with E-state index in [-0.39, 0.29) is 6.04 Å². The molecule has 0 heterocycles. The third kappa shape index (κ3) is 5.74. The van der Waals surface area contributed by atoms with Gasteiger partial charge >= 0.3 is 0 Å². The molecule has 29 heavy (non-hydrogen) atoms. The molecular formula is C25H24N2S2. The van der Waals surface area contributed by atoms with Crippen molar-refractivity contribution >= 4 is 45.0 Å². The maximum absolute atomic E-state index is 5.05. The number of hydrogen-bond donors (Lipinski definition) is 0. The van der Waals surface area contributed by atoms with Crippen LogP contribution in [-0.4, -0.2) is 22.8 Å². The second-order valence-electron chi connectivity index (χ2n) is 6.39. The highest BCUT2D eigenvalue weighted by Crippen LogP contribution is 2.34. The quantitative estimate of drug-likeness (QED) is 0.323. The third-order valence-electron chi connectivity index (χ3n) is 4.48. The van der Waals surface area contributed by atoms with Gasteiger partial charge in [-0.15, -0.1) is 23.5 Å². The van der Waals surface area contributed by atoms with Gasteiger partial charge in [0.05, 0.1) is 5.69 Å². The molecule has 0 spiro atoms. The predicted molar refractivity (Wildman–Crippen MR) is 132 cm³/mol. The van der Waals surface area contributed by atoms with E-state index in [0.29, 0.717) is 0 Å². The smallest absolute Gasteiger partial charge is 0.125 e. The van der Waals surface area contributed by atoms with E-state index in [0.717, 1.165) is 32.3 Å². The molecule has 3 rings (SSSR count). The van der Waals surface area contributed by atoms with Crippen LogP contribution in [0, 0.1) is 0 Å². The van der Waals surface area contributed by atoms with Crippen LogP contribution in [0.1, 0.15) is 29.7 Å². The Hall–Kier alpha value is -2.52. The van der Waals surface area contributed by atoms with Gasteiger partial charge in [0, 0.05) is 11.1 Å². The van der Waals surface area contributed by atoms with Gasteiger partial charge in [-0.25, -0.2) is 4.99 Å². The molecule has 0 aliphatic carbocycles. The van der Waals surface area contributed by atoms with Crippen molar-refractivity contribution in [3.8, 4) is 0 Å². The van der Waals surface area contributed by atoms with E-state index in [1.54, 1.807) is 23.5 Å². The SMILES string of the molecule is CSC(=N[C@@H](c1ccccc1)c1ccccc1N=C=C(C)c1ccccc1)SC. The molecule has 3 aromatic carbocycles. The van der Waals surface area contributed by atoms with Crippen LogP contribution >= 0.6 is 23.5 Å². The highest BCUT2D eigenvalue weighted by Gasteiger charge is 2.17. The Bertz CT molecular complexity index is 1010. The average molecular weight is 417 g/mol. The first-order chi connectivity index (χ1) is 14.2. The van der Waals surface area contributed by atoms with Gasteiger partial charge in [-0.05, 0) is 42.5 Å². The summed E-state index contributed by atoms with van der Waals surface area (Å²) in [5, 5.41) is 0. The van der Waals surface area contributed by atoms with Crippen LogP contribution < -0.4 is 0 Å². The van der Waals surface area contributed by atoms with E-state index in [1.807, 2.05) is 49.4 Å². The number of nitrogens with zero attached hydrogens (tertiary/aromatic N) is 2. The minimum absolute atomic E-state index is 0.107. The highest BCUT2D eigenvalue weighted by atomic mass is 32.2. The molecule has 0 amide bonds. The lowest BCUT2D eigenvalue weighted by atomic mass is 9.98. The van der Waals surface area contributed by atoms with Crippen molar-refractivity contribution in [2.24, 2.45) is 9.98 Å². The van der Waals surface area contributed by atoms with E-state index in [4.69, 9.17) is 9.98 Å². The Kier molecular flexibility index (Phi) is 7.94. The third-order valence-corrected chi connectivity index (χ3v) is 6.39. The standard InChI is InChI=1S/C25H24N2S2/c1-19(20-12-6-4-7-13-20)18-26-23-17-11-10-16-22(23)24(27-25(28-2)29-3)21-14-8-5-9-15-21/h4-17,24H,1-3H3/t24-/m0/s1. The molecule has 0 N–H and O–H groups in total. The summed E-state index contributed by atoms with van der Waals surface area (Å²) in [6.45, 7) is 2.04. The predicted octanol–water partition coefficient (Wildman–Crippen LogP) is 7.26. The molecule has 0 aliphatic heterocycles. The van der Waals surface area contributed by atoms with Crippen molar-refractivity contribution in [2.45, 2.75) is 13.0 Å². The number of hydrogen-bond acceptors (Lipinski definition) is 4. The van der Waals surface area contributed by atoms with Crippen LogP contribution in [0.25, 0.3) is 5.57 Å². The molecule has 0 fully saturated rings. The first-order valence-electron chi connectivity index (χ1n) is 9.38. The summed E-state index contributed by atoms with van der Waals surface area (Å²) in [5.41, 5.74) is 5.25. The molecule has 0 saturated carbocycles. The molecule has 2 nitrogen and oxygen atoms in total. The second kappa shape index (κ2) is 10.9. The number of thioether (sulfide) groups is 2. The second-order valence-corrected chi connectivity index (χ2v) is 8.24. The molecule has 3 aromatic rings. The van der Waals surface area contributed by atoms with Crippen molar-refractivity contribution < 1.29 is 0 Å². The molecule has 0 bridgehead atoms. The average Bonchev–Trinajstić information content (AvgIpc) is 2.80. The Labute approximate surface area is 181 Å². The Morgan fingerprint density at radius 3 is 2.03 bits per heavy atom. The van der Waals surface area contributed by atoms with Gasteiger partial charge in [-0.3, -0.25) is 4.99 Å². The van der Waals surface area contributed by atoms with Crippen molar-refractivity contribution in [1.82, 2.24) is 0 Å². The molecule has 0 unspecified atom stereocenters. The van der Waals surface area contributed by atoms with Crippen LogP contribution in [-0.2, 0) is 0 Å². The number of aliphatic imine (C=N–C) groups is 2. The topological polar surface area (TPSA) is 24.7 Å². The Morgan fingerprint density at radius 1 is 0.793 bits per heavy atom. The number of rotatable bonds is 5. The molecule has 1 atom stereocenters. The lowest BCUT2D eigenvalue weighted by molar-refractivity contribution is 0.880.